The molecule has 0 atom stereocenters. The van der Waals surface area contributed by atoms with Crippen molar-refractivity contribution in [3.05, 3.63) is 46.3 Å². The van der Waals surface area contributed by atoms with Gasteiger partial charge in [0.05, 0.1) is 12.6 Å². The molecule has 1 aliphatic rings. The first kappa shape index (κ1) is 20.9. The largest absolute Gasteiger partial charge is 0.460 e. The van der Waals surface area contributed by atoms with Gasteiger partial charge in [-0.2, -0.15) is 5.10 Å². The predicted octanol–water partition coefficient (Wildman–Crippen LogP) is 5.25. The molecule has 1 saturated carbocycles. The van der Waals surface area contributed by atoms with Gasteiger partial charge in [-0.25, -0.2) is 0 Å². The Hall–Kier alpha value is -2.31. The Labute approximate surface area is 181 Å². The van der Waals surface area contributed by atoms with Crippen molar-refractivity contribution in [1.82, 2.24) is 9.78 Å². The van der Waals surface area contributed by atoms with Crippen LogP contribution in [0.15, 0.2) is 28.7 Å². The van der Waals surface area contributed by atoms with Crippen LogP contribution in [0.5, 0.6) is 0 Å². The Morgan fingerprint density at radius 1 is 1.27 bits per heavy atom. The molecular formula is C23H28ClN3O3. The molecule has 1 amide bonds. The number of fused-ring (bicyclic) bond motifs is 1. The number of furan rings is 1. The summed E-state index contributed by atoms with van der Waals surface area (Å²) < 4.78 is 7.95. The highest BCUT2D eigenvalue weighted by atomic mass is 35.5. The van der Waals surface area contributed by atoms with E-state index in [1.54, 1.807) is 0 Å². The molecule has 0 aliphatic heterocycles. The van der Waals surface area contributed by atoms with Crippen LogP contribution >= 0.6 is 11.6 Å². The lowest BCUT2D eigenvalue weighted by Gasteiger charge is -2.24. The number of carbonyl (C=O) groups is 1. The lowest BCUT2D eigenvalue weighted by molar-refractivity contribution is -0.121. The standard InChI is InChI=1S/C23H28ClN3O3/c1-13(2)20-11-16-9-18(24)10-17(22(16)30-20)12-27-14(3)8-21(26-27)25-23(29)15-4-6-19(28)7-5-15/h8-11,13,15,19,28H,4-7,12H2,1-3H3,(H,25,26,29). The van der Waals surface area contributed by atoms with Gasteiger partial charge >= 0.3 is 0 Å². The van der Waals surface area contributed by atoms with E-state index in [9.17, 15) is 9.90 Å². The second kappa shape index (κ2) is 8.44. The summed E-state index contributed by atoms with van der Waals surface area (Å²) in [5.41, 5.74) is 2.72. The maximum atomic E-state index is 12.6. The van der Waals surface area contributed by atoms with Gasteiger partial charge in [-0.15, -0.1) is 0 Å². The molecule has 4 rings (SSSR count). The van der Waals surface area contributed by atoms with Gasteiger partial charge in [-0.3, -0.25) is 9.48 Å². The molecular weight excluding hydrogens is 402 g/mol. The van der Waals surface area contributed by atoms with Gasteiger partial charge in [0.15, 0.2) is 5.82 Å². The zero-order valence-electron chi connectivity index (χ0n) is 17.6. The van der Waals surface area contributed by atoms with Gasteiger partial charge < -0.3 is 14.8 Å². The maximum Gasteiger partial charge on any atom is 0.228 e. The van der Waals surface area contributed by atoms with E-state index in [0.29, 0.717) is 43.1 Å². The van der Waals surface area contributed by atoms with Crippen molar-refractivity contribution in [1.29, 1.82) is 0 Å². The van der Waals surface area contributed by atoms with E-state index in [0.717, 1.165) is 28.0 Å². The fourth-order valence-corrected chi connectivity index (χ4v) is 4.32. The first-order chi connectivity index (χ1) is 14.3. The highest BCUT2D eigenvalue weighted by molar-refractivity contribution is 6.31. The third-order valence-electron chi connectivity index (χ3n) is 5.87. The predicted molar refractivity (Wildman–Crippen MR) is 118 cm³/mol. The van der Waals surface area contributed by atoms with Crippen molar-refractivity contribution in [2.45, 2.75) is 65.0 Å². The smallest absolute Gasteiger partial charge is 0.228 e. The number of amides is 1. The normalized spacial score (nSPS) is 19.5. The molecule has 7 heteroatoms. The summed E-state index contributed by atoms with van der Waals surface area (Å²) in [6, 6.07) is 7.74. The van der Waals surface area contributed by atoms with E-state index < -0.39 is 0 Å². The molecule has 1 aliphatic carbocycles. The second-order valence-corrected chi connectivity index (χ2v) is 9.05. The van der Waals surface area contributed by atoms with Crippen molar-refractivity contribution in [3.8, 4) is 0 Å². The van der Waals surface area contributed by atoms with Crippen LogP contribution in [0.4, 0.5) is 5.82 Å². The summed E-state index contributed by atoms with van der Waals surface area (Å²) in [7, 11) is 0. The average Bonchev–Trinajstić information content (AvgIpc) is 3.26. The Morgan fingerprint density at radius 3 is 2.70 bits per heavy atom. The first-order valence-corrected chi connectivity index (χ1v) is 10.9. The molecule has 1 aromatic carbocycles. The van der Waals surface area contributed by atoms with Crippen molar-refractivity contribution >= 4 is 34.3 Å². The summed E-state index contributed by atoms with van der Waals surface area (Å²) >= 11 is 6.34. The number of nitrogens with zero attached hydrogens (tertiary/aromatic N) is 2. The highest BCUT2D eigenvalue weighted by Crippen LogP contribution is 2.31. The topological polar surface area (TPSA) is 80.3 Å². The zero-order chi connectivity index (χ0) is 21.4. The second-order valence-electron chi connectivity index (χ2n) is 8.61. The van der Waals surface area contributed by atoms with E-state index in [1.165, 1.54) is 0 Å². The number of hydrogen-bond donors (Lipinski definition) is 2. The van der Waals surface area contributed by atoms with Crippen LogP contribution in [-0.4, -0.2) is 26.9 Å². The lowest BCUT2D eigenvalue weighted by atomic mass is 9.87. The van der Waals surface area contributed by atoms with Crippen molar-refractivity contribution < 1.29 is 14.3 Å². The third kappa shape index (κ3) is 4.40. The van der Waals surface area contributed by atoms with E-state index in [2.05, 4.69) is 24.3 Å². The molecule has 1 fully saturated rings. The van der Waals surface area contributed by atoms with Crippen LogP contribution in [0.2, 0.25) is 5.02 Å². The molecule has 0 saturated heterocycles. The van der Waals surface area contributed by atoms with Gasteiger partial charge in [0, 0.05) is 39.6 Å². The minimum Gasteiger partial charge on any atom is -0.460 e. The Bertz CT molecular complexity index is 1060. The molecule has 2 heterocycles. The molecule has 2 aromatic heterocycles. The molecule has 30 heavy (non-hydrogen) atoms. The monoisotopic (exact) mass is 429 g/mol. The summed E-state index contributed by atoms with van der Waals surface area (Å²) in [5, 5.41) is 18.8. The Morgan fingerprint density at radius 2 is 2.00 bits per heavy atom. The molecule has 2 N–H and O–H groups in total. The molecule has 6 nitrogen and oxygen atoms in total. The number of aliphatic hydroxyl groups excluding tert-OH is 1. The van der Waals surface area contributed by atoms with Crippen LogP contribution < -0.4 is 5.32 Å². The minimum absolute atomic E-state index is 0.0238. The number of aryl methyl sites for hydroxylation is 1. The minimum atomic E-state index is -0.275. The van der Waals surface area contributed by atoms with Gasteiger partial charge in [-0.1, -0.05) is 25.4 Å². The van der Waals surface area contributed by atoms with Gasteiger partial charge in [0.2, 0.25) is 5.91 Å². The number of anilines is 1. The number of aromatic nitrogens is 2. The van der Waals surface area contributed by atoms with E-state index >= 15 is 0 Å². The molecule has 3 aromatic rings. The van der Waals surface area contributed by atoms with Crippen LogP contribution in [0, 0.1) is 12.8 Å². The fourth-order valence-electron chi connectivity index (χ4n) is 4.07. The Kier molecular flexibility index (Phi) is 5.89. The first-order valence-electron chi connectivity index (χ1n) is 10.6. The van der Waals surface area contributed by atoms with Gasteiger partial charge in [-0.05, 0) is 50.8 Å². The van der Waals surface area contributed by atoms with Crippen LogP contribution in [0.1, 0.15) is 62.5 Å². The molecule has 0 unspecified atom stereocenters. The number of rotatable bonds is 5. The van der Waals surface area contributed by atoms with Crippen LogP contribution in [0.3, 0.4) is 0 Å². The number of aliphatic hydroxyl groups is 1. The van der Waals surface area contributed by atoms with Crippen LogP contribution in [-0.2, 0) is 11.3 Å². The van der Waals surface area contributed by atoms with E-state index in [-0.39, 0.29) is 23.8 Å². The molecule has 0 spiro atoms. The maximum absolute atomic E-state index is 12.6. The lowest BCUT2D eigenvalue weighted by Crippen LogP contribution is -2.28. The van der Waals surface area contributed by atoms with Gasteiger partial charge in [0.25, 0.3) is 0 Å². The van der Waals surface area contributed by atoms with E-state index in [1.807, 2.05) is 35.9 Å². The summed E-state index contributed by atoms with van der Waals surface area (Å²) in [6.45, 7) is 6.65. The SMILES string of the molecule is Cc1cc(NC(=O)C2CCC(O)CC2)nn1Cc1cc(Cl)cc2cc(C(C)C)oc12. The molecule has 0 bridgehead atoms. The van der Waals surface area contributed by atoms with Gasteiger partial charge in [0.1, 0.15) is 11.3 Å². The zero-order valence-corrected chi connectivity index (χ0v) is 18.4. The summed E-state index contributed by atoms with van der Waals surface area (Å²) in [5.74, 6) is 1.67. The van der Waals surface area contributed by atoms with Crippen LogP contribution in [0.25, 0.3) is 11.0 Å². The number of benzene rings is 1. The highest BCUT2D eigenvalue weighted by Gasteiger charge is 2.25. The molecule has 160 valence electrons. The third-order valence-corrected chi connectivity index (χ3v) is 6.08. The van der Waals surface area contributed by atoms with E-state index in [4.69, 9.17) is 16.0 Å². The van der Waals surface area contributed by atoms with Crippen molar-refractivity contribution in [2.75, 3.05) is 5.32 Å². The number of hydrogen-bond acceptors (Lipinski definition) is 4. The summed E-state index contributed by atoms with van der Waals surface area (Å²) in [6.07, 6.45) is 2.51. The van der Waals surface area contributed by atoms with Crippen molar-refractivity contribution in [2.24, 2.45) is 5.92 Å². The van der Waals surface area contributed by atoms with Crippen molar-refractivity contribution in [3.63, 3.8) is 0 Å². The fraction of sp³-hybridized carbons (Fsp3) is 0.478. The average molecular weight is 430 g/mol. The number of nitrogens with one attached hydrogen (secondary N) is 1. The summed E-state index contributed by atoms with van der Waals surface area (Å²) in [4.78, 5) is 12.6. The Balaban J connectivity index is 1.53. The number of carbonyl (C=O) groups excluding carboxylic acids is 1. The molecule has 0 radical (unpaired) electrons. The quantitative estimate of drug-likeness (QED) is 0.580. The number of halogens is 1.